The zero-order chi connectivity index (χ0) is 17.4. The van der Waals surface area contributed by atoms with Crippen molar-refractivity contribution in [1.82, 2.24) is 10.6 Å². The van der Waals surface area contributed by atoms with Gasteiger partial charge >= 0.3 is 0 Å². The van der Waals surface area contributed by atoms with Gasteiger partial charge < -0.3 is 15.5 Å². The second-order valence-electron chi connectivity index (χ2n) is 6.71. The van der Waals surface area contributed by atoms with Gasteiger partial charge in [0.15, 0.2) is 0 Å². The predicted molar refractivity (Wildman–Crippen MR) is 97.1 cm³/mol. The van der Waals surface area contributed by atoms with Crippen LogP contribution in [0.2, 0.25) is 0 Å². The van der Waals surface area contributed by atoms with E-state index in [4.69, 9.17) is 0 Å². The summed E-state index contributed by atoms with van der Waals surface area (Å²) in [6, 6.07) is 8.46. The van der Waals surface area contributed by atoms with Crippen LogP contribution in [0.25, 0.3) is 0 Å². The summed E-state index contributed by atoms with van der Waals surface area (Å²) in [6.07, 6.45) is 5.99. The highest BCUT2D eigenvalue weighted by Gasteiger charge is 2.22. The van der Waals surface area contributed by atoms with Crippen molar-refractivity contribution in [3.05, 3.63) is 29.8 Å². The van der Waals surface area contributed by atoms with E-state index in [-0.39, 0.29) is 24.3 Å². The summed E-state index contributed by atoms with van der Waals surface area (Å²) < 4.78 is 0. The third-order valence-electron chi connectivity index (χ3n) is 4.57. The molecule has 1 fully saturated rings. The number of nitrogens with one attached hydrogen (secondary N) is 2. The topological polar surface area (TPSA) is 61.4 Å². The van der Waals surface area contributed by atoms with E-state index in [1.807, 2.05) is 14.1 Å². The highest BCUT2D eigenvalue weighted by molar-refractivity contribution is 5.85. The third-order valence-corrected chi connectivity index (χ3v) is 4.57. The molecular weight excluding hydrogens is 302 g/mol. The second-order valence-corrected chi connectivity index (χ2v) is 6.71. The molecule has 0 spiro atoms. The molecule has 0 heterocycles. The number of hydrogen-bond acceptors (Lipinski definition) is 3. The maximum atomic E-state index is 11.8. The molecule has 0 aliphatic heterocycles. The minimum atomic E-state index is -0.107. The molecule has 2 N–H and O–H groups in total. The maximum Gasteiger partial charge on any atom is 0.239 e. The van der Waals surface area contributed by atoms with Crippen molar-refractivity contribution in [2.45, 2.75) is 38.5 Å². The largest absolute Gasteiger partial charge is 0.378 e. The molecule has 1 aliphatic carbocycles. The number of amides is 2. The van der Waals surface area contributed by atoms with Crippen molar-refractivity contribution in [2.75, 3.05) is 32.1 Å². The Hall–Kier alpha value is -2.04. The van der Waals surface area contributed by atoms with E-state index in [0.29, 0.717) is 6.54 Å². The van der Waals surface area contributed by atoms with Crippen molar-refractivity contribution in [2.24, 2.45) is 5.92 Å². The SMILES string of the molecule is CN(C)c1ccc(CCCNC(=O)CNC(=O)C2CCCC2)cc1. The molecule has 0 saturated heterocycles. The Kier molecular flexibility index (Phi) is 7.09. The monoisotopic (exact) mass is 331 g/mol. The predicted octanol–water partition coefficient (Wildman–Crippen LogP) is 2.11. The highest BCUT2D eigenvalue weighted by Crippen LogP contribution is 2.24. The molecule has 2 amide bonds. The molecule has 1 aliphatic rings. The molecule has 1 aromatic rings. The quantitative estimate of drug-likeness (QED) is 0.717. The summed E-state index contributed by atoms with van der Waals surface area (Å²) >= 11 is 0. The summed E-state index contributed by atoms with van der Waals surface area (Å²) in [5, 5.41) is 5.61. The van der Waals surface area contributed by atoms with Gasteiger partial charge in [-0.05, 0) is 43.4 Å². The Bertz CT molecular complexity index is 534. The fraction of sp³-hybridized carbons (Fsp3) is 0.579. The van der Waals surface area contributed by atoms with Gasteiger partial charge in [0.25, 0.3) is 0 Å². The zero-order valence-corrected chi connectivity index (χ0v) is 14.8. The molecule has 0 unspecified atom stereocenters. The van der Waals surface area contributed by atoms with Gasteiger partial charge in [-0.15, -0.1) is 0 Å². The van der Waals surface area contributed by atoms with Gasteiger partial charge in [0, 0.05) is 32.2 Å². The molecular formula is C19H29N3O2. The second kappa shape index (κ2) is 9.30. The molecule has 132 valence electrons. The minimum absolute atomic E-state index is 0.0311. The van der Waals surface area contributed by atoms with Crippen LogP contribution in [0.1, 0.15) is 37.7 Å². The van der Waals surface area contributed by atoms with Crippen molar-refractivity contribution in [3.8, 4) is 0 Å². The molecule has 5 nitrogen and oxygen atoms in total. The maximum absolute atomic E-state index is 11.8. The summed E-state index contributed by atoms with van der Waals surface area (Å²) in [5.74, 6) is 0.0378. The number of carbonyl (C=O) groups excluding carboxylic acids is 2. The normalized spacial score (nSPS) is 14.4. The van der Waals surface area contributed by atoms with E-state index < -0.39 is 0 Å². The average molecular weight is 331 g/mol. The third kappa shape index (κ3) is 5.87. The number of carbonyl (C=O) groups is 2. The lowest BCUT2D eigenvalue weighted by molar-refractivity contribution is -0.128. The molecule has 5 heteroatoms. The van der Waals surface area contributed by atoms with Gasteiger partial charge in [0.05, 0.1) is 6.54 Å². The molecule has 0 atom stereocenters. The van der Waals surface area contributed by atoms with Crippen molar-refractivity contribution in [3.63, 3.8) is 0 Å². The first-order valence-corrected chi connectivity index (χ1v) is 8.87. The molecule has 0 bridgehead atoms. The van der Waals surface area contributed by atoms with Gasteiger partial charge in [-0.1, -0.05) is 25.0 Å². The van der Waals surface area contributed by atoms with E-state index >= 15 is 0 Å². The number of anilines is 1. The van der Waals surface area contributed by atoms with Crippen LogP contribution in [0, 0.1) is 5.92 Å². The Morgan fingerprint density at radius 2 is 1.75 bits per heavy atom. The lowest BCUT2D eigenvalue weighted by atomic mass is 10.1. The van der Waals surface area contributed by atoms with E-state index in [0.717, 1.165) is 38.5 Å². The number of aryl methyl sites for hydroxylation is 1. The number of nitrogens with zero attached hydrogens (tertiary/aromatic N) is 1. The molecule has 2 rings (SSSR count). The Morgan fingerprint density at radius 1 is 1.08 bits per heavy atom. The van der Waals surface area contributed by atoms with Gasteiger partial charge in [0.1, 0.15) is 0 Å². The number of benzene rings is 1. The Morgan fingerprint density at radius 3 is 2.38 bits per heavy atom. The van der Waals surface area contributed by atoms with Crippen LogP contribution in [0.4, 0.5) is 5.69 Å². The van der Waals surface area contributed by atoms with E-state index in [1.165, 1.54) is 11.3 Å². The first kappa shape index (κ1) is 18.3. The Balaban J connectivity index is 1.58. The summed E-state index contributed by atoms with van der Waals surface area (Å²) in [7, 11) is 4.05. The summed E-state index contributed by atoms with van der Waals surface area (Å²) in [4.78, 5) is 25.7. The van der Waals surface area contributed by atoms with Gasteiger partial charge in [-0.3, -0.25) is 9.59 Å². The van der Waals surface area contributed by atoms with Crippen LogP contribution in [-0.2, 0) is 16.0 Å². The fourth-order valence-corrected chi connectivity index (χ4v) is 3.04. The van der Waals surface area contributed by atoms with Crippen molar-refractivity contribution < 1.29 is 9.59 Å². The zero-order valence-electron chi connectivity index (χ0n) is 14.8. The Labute approximate surface area is 144 Å². The van der Waals surface area contributed by atoms with Crippen LogP contribution in [0.3, 0.4) is 0 Å². The van der Waals surface area contributed by atoms with Gasteiger partial charge in [0.2, 0.25) is 11.8 Å². The molecule has 0 aromatic heterocycles. The first-order chi connectivity index (χ1) is 11.6. The van der Waals surface area contributed by atoms with Crippen LogP contribution >= 0.6 is 0 Å². The van der Waals surface area contributed by atoms with E-state index in [9.17, 15) is 9.59 Å². The van der Waals surface area contributed by atoms with Crippen molar-refractivity contribution in [1.29, 1.82) is 0 Å². The van der Waals surface area contributed by atoms with Crippen molar-refractivity contribution >= 4 is 17.5 Å². The molecule has 1 saturated carbocycles. The van der Waals surface area contributed by atoms with Gasteiger partial charge in [-0.2, -0.15) is 0 Å². The lowest BCUT2D eigenvalue weighted by Crippen LogP contribution is -2.39. The molecule has 1 aromatic carbocycles. The number of rotatable bonds is 8. The van der Waals surface area contributed by atoms with Crippen LogP contribution < -0.4 is 15.5 Å². The summed E-state index contributed by atoms with van der Waals surface area (Å²) in [5.41, 5.74) is 2.45. The van der Waals surface area contributed by atoms with E-state index in [1.54, 1.807) is 0 Å². The lowest BCUT2D eigenvalue weighted by Gasteiger charge is -2.13. The fourth-order valence-electron chi connectivity index (χ4n) is 3.04. The smallest absolute Gasteiger partial charge is 0.239 e. The minimum Gasteiger partial charge on any atom is -0.378 e. The standard InChI is InChI=1S/C19H29N3O2/c1-22(2)17-11-9-15(10-12-17)6-5-13-20-18(23)14-21-19(24)16-7-3-4-8-16/h9-12,16H,3-8,13-14H2,1-2H3,(H,20,23)(H,21,24). The first-order valence-electron chi connectivity index (χ1n) is 8.87. The van der Waals surface area contributed by atoms with Crippen LogP contribution in [0.5, 0.6) is 0 Å². The highest BCUT2D eigenvalue weighted by atomic mass is 16.2. The summed E-state index contributed by atoms with van der Waals surface area (Å²) in [6.45, 7) is 0.723. The molecule has 0 radical (unpaired) electrons. The number of hydrogen-bond donors (Lipinski definition) is 2. The van der Waals surface area contributed by atoms with Crippen LogP contribution in [0.15, 0.2) is 24.3 Å². The molecule has 24 heavy (non-hydrogen) atoms. The van der Waals surface area contributed by atoms with E-state index in [2.05, 4.69) is 39.8 Å². The average Bonchev–Trinajstić information content (AvgIpc) is 3.11. The van der Waals surface area contributed by atoms with Gasteiger partial charge in [-0.25, -0.2) is 0 Å². The van der Waals surface area contributed by atoms with Crippen LogP contribution in [-0.4, -0.2) is 39.0 Å².